The molecule has 0 amide bonds. The number of hydrogen-bond acceptors (Lipinski definition) is 7. The topological polar surface area (TPSA) is 87.6 Å². The van der Waals surface area contributed by atoms with Gasteiger partial charge in [0.15, 0.2) is 5.76 Å². The van der Waals surface area contributed by atoms with Crippen LogP contribution in [0.4, 0.5) is 0 Å². The zero-order valence-electron chi connectivity index (χ0n) is 9.84. The highest BCUT2D eigenvalue weighted by atomic mass is 32.2. The van der Waals surface area contributed by atoms with Crippen molar-refractivity contribution in [2.45, 2.75) is 18.4 Å². The minimum Gasteiger partial charge on any atom is -0.468 e. The summed E-state index contributed by atoms with van der Waals surface area (Å²) in [6.07, 6.45) is 0. The SMILES string of the molecule is COCc1cc(CSCC(N)C(=O)OC)no1. The number of rotatable bonds is 7. The summed E-state index contributed by atoms with van der Waals surface area (Å²) in [7, 11) is 2.91. The third-order valence-corrected chi connectivity index (χ3v) is 3.04. The average molecular weight is 260 g/mol. The minimum absolute atomic E-state index is 0.402. The third-order valence-electron chi connectivity index (χ3n) is 1.95. The van der Waals surface area contributed by atoms with Crippen molar-refractivity contribution in [3.05, 3.63) is 17.5 Å². The van der Waals surface area contributed by atoms with Crippen molar-refractivity contribution in [1.29, 1.82) is 0 Å². The quantitative estimate of drug-likeness (QED) is 0.716. The Hall–Kier alpha value is -1.05. The molecule has 0 saturated heterocycles. The van der Waals surface area contributed by atoms with Gasteiger partial charge in [-0.25, -0.2) is 0 Å². The molecule has 0 aliphatic heterocycles. The Morgan fingerprint density at radius 3 is 3.06 bits per heavy atom. The van der Waals surface area contributed by atoms with Gasteiger partial charge in [-0.1, -0.05) is 5.16 Å². The van der Waals surface area contributed by atoms with E-state index in [-0.39, 0.29) is 0 Å². The lowest BCUT2D eigenvalue weighted by Gasteiger charge is -2.07. The van der Waals surface area contributed by atoms with Crippen LogP contribution in [-0.2, 0) is 26.6 Å². The number of carbonyl (C=O) groups is 1. The van der Waals surface area contributed by atoms with E-state index in [1.54, 1.807) is 7.11 Å². The zero-order chi connectivity index (χ0) is 12.7. The first kappa shape index (κ1) is 14.0. The molecule has 0 aliphatic rings. The van der Waals surface area contributed by atoms with Gasteiger partial charge in [-0.15, -0.1) is 0 Å². The molecule has 1 atom stereocenters. The fourth-order valence-corrected chi connectivity index (χ4v) is 2.00. The highest BCUT2D eigenvalue weighted by Gasteiger charge is 2.13. The molecule has 0 aromatic carbocycles. The van der Waals surface area contributed by atoms with Gasteiger partial charge >= 0.3 is 5.97 Å². The van der Waals surface area contributed by atoms with Gasteiger partial charge in [0.05, 0.1) is 12.8 Å². The predicted octanol–water partition coefficient (Wildman–Crippen LogP) is 0.554. The standard InChI is InChI=1S/C10H16N2O4S/c1-14-4-8-3-7(12-16-8)5-17-6-9(11)10(13)15-2/h3,9H,4-6,11H2,1-2H3. The molecule has 1 heterocycles. The Kier molecular flexibility index (Phi) is 6.03. The van der Waals surface area contributed by atoms with Crippen LogP contribution in [0.25, 0.3) is 0 Å². The van der Waals surface area contributed by atoms with Crippen molar-refractivity contribution >= 4 is 17.7 Å². The van der Waals surface area contributed by atoms with Gasteiger partial charge in [-0.2, -0.15) is 11.8 Å². The molecule has 6 nitrogen and oxygen atoms in total. The van der Waals surface area contributed by atoms with E-state index in [1.807, 2.05) is 6.07 Å². The first-order valence-electron chi connectivity index (χ1n) is 5.02. The Morgan fingerprint density at radius 2 is 2.41 bits per heavy atom. The van der Waals surface area contributed by atoms with Crippen LogP contribution in [0.1, 0.15) is 11.5 Å². The molecule has 0 fully saturated rings. The van der Waals surface area contributed by atoms with Crippen molar-refractivity contribution < 1.29 is 18.8 Å². The minimum atomic E-state index is -0.602. The molecular formula is C10H16N2O4S. The Bertz CT molecular complexity index is 356. The van der Waals surface area contributed by atoms with Gasteiger partial charge in [0.1, 0.15) is 12.6 Å². The van der Waals surface area contributed by atoms with Gasteiger partial charge in [0.25, 0.3) is 0 Å². The van der Waals surface area contributed by atoms with Gasteiger partial charge < -0.3 is 19.7 Å². The molecule has 17 heavy (non-hydrogen) atoms. The van der Waals surface area contributed by atoms with Crippen LogP contribution in [0.5, 0.6) is 0 Å². The second-order valence-corrected chi connectivity index (χ2v) is 4.39. The first-order chi connectivity index (χ1) is 8.17. The molecule has 1 aromatic heterocycles. The number of nitrogens with zero attached hydrogens (tertiary/aromatic N) is 1. The van der Waals surface area contributed by atoms with E-state index in [0.717, 1.165) is 5.69 Å². The normalized spacial score (nSPS) is 12.4. The number of esters is 1. The predicted molar refractivity (Wildman–Crippen MR) is 63.4 cm³/mol. The van der Waals surface area contributed by atoms with Crippen molar-refractivity contribution in [1.82, 2.24) is 5.16 Å². The maximum atomic E-state index is 11.0. The van der Waals surface area contributed by atoms with E-state index < -0.39 is 12.0 Å². The Labute approximate surface area is 104 Å². The summed E-state index contributed by atoms with van der Waals surface area (Å²) in [5.74, 6) is 1.40. The van der Waals surface area contributed by atoms with Crippen LogP contribution in [0.3, 0.4) is 0 Å². The molecule has 1 unspecified atom stereocenters. The lowest BCUT2D eigenvalue weighted by molar-refractivity contribution is -0.141. The van der Waals surface area contributed by atoms with E-state index in [1.165, 1.54) is 18.9 Å². The number of aromatic nitrogens is 1. The summed E-state index contributed by atoms with van der Waals surface area (Å²) in [6, 6.07) is 1.22. The second kappa shape index (κ2) is 7.31. The monoisotopic (exact) mass is 260 g/mol. The number of methoxy groups -OCH3 is 2. The molecule has 0 radical (unpaired) electrons. The smallest absolute Gasteiger partial charge is 0.323 e. The van der Waals surface area contributed by atoms with Crippen LogP contribution in [-0.4, -0.2) is 37.1 Å². The van der Waals surface area contributed by atoms with Crippen molar-refractivity contribution in [2.75, 3.05) is 20.0 Å². The first-order valence-corrected chi connectivity index (χ1v) is 6.17. The van der Waals surface area contributed by atoms with Crippen LogP contribution >= 0.6 is 11.8 Å². The van der Waals surface area contributed by atoms with E-state index >= 15 is 0 Å². The highest BCUT2D eigenvalue weighted by Crippen LogP contribution is 2.13. The number of carbonyl (C=O) groups excluding carboxylic acids is 1. The summed E-state index contributed by atoms with van der Waals surface area (Å²) in [5.41, 5.74) is 6.39. The molecule has 2 N–H and O–H groups in total. The maximum absolute atomic E-state index is 11.0. The Morgan fingerprint density at radius 1 is 1.65 bits per heavy atom. The largest absolute Gasteiger partial charge is 0.468 e. The number of hydrogen-bond donors (Lipinski definition) is 1. The van der Waals surface area contributed by atoms with Crippen molar-refractivity contribution in [3.63, 3.8) is 0 Å². The molecule has 0 saturated carbocycles. The molecule has 7 heteroatoms. The third kappa shape index (κ3) is 4.76. The fourth-order valence-electron chi connectivity index (χ4n) is 1.14. The lowest BCUT2D eigenvalue weighted by Crippen LogP contribution is -2.33. The van der Waals surface area contributed by atoms with Crippen LogP contribution in [0, 0.1) is 0 Å². The maximum Gasteiger partial charge on any atom is 0.323 e. The fraction of sp³-hybridized carbons (Fsp3) is 0.600. The van der Waals surface area contributed by atoms with Crippen molar-refractivity contribution in [2.24, 2.45) is 5.73 Å². The summed E-state index contributed by atoms with van der Waals surface area (Å²) in [5, 5.41) is 3.86. The zero-order valence-corrected chi connectivity index (χ0v) is 10.7. The van der Waals surface area contributed by atoms with E-state index in [0.29, 0.717) is 23.9 Å². The van der Waals surface area contributed by atoms with Crippen LogP contribution in [0.15, 0.2) is 10.6 Å². The number of ether oxygens (including phenoxy) is 2. The molecule has 1 rings (SSSR count). The molecule has 0 aliphatic carbocycles. The van der Waals surface area contributed by atoms with Gasteiger partial charge in [0.2, 0.25) is 0 Å². The average Bonchev–Trinajstić information content (AvgIpc) is 2.76. The molecule has 0 bridgehead atoms. The highest BCUT2D eigenvalue weighted by molar-refractivity contribution is 7.98. The summed E-state index contributed by atoms with van der Waals surface area (Å²) in [6.45, 7) is 0.402. The molecule has 0 spiro atoms. The second-order valence-electron chi connectivity index (χ2n) is 3.36. The summed E-state index contributed by atoms with van der Waals surface area (Å²) < 4.78 is 14.5. The van der Waals surface area contributed by atoms with E-state index in [4.69, 9.17) is 15.0 Å². The van der Waals surface area contributed by atoms with Crippen LogP contribution < -0.4 is 5.73 Å². The van der Waals surface area contributed by atoms with E-state index in [9.17, 15) is 4.79 Å². The number of thioether (sulfide) groups is 1. The van der Waals surface area contributed by atoms with Gasteiger partial charge in [-0.3, -0.25) is 4.79 Å². The summed E-state index contributed by atoms with van der Waals surface area (Å²) >= 11 is 1.50. The van der Waals surface area contributed by atoms with Crippen molar-refractivity contribution in [3.8, 4) is 0 Å². The summed E-state index contributed by atoms with van der Waals surface area (Å²) in [4.78, 5) is 11.0. The lowest BCUT2D eigenvalue weighted by atomic mass is 10.4. The van der Waals surface area contributed by atoms with Gasteiger partial charge in [0, 0.05) is 24.7 Å². The molecular weight excluding hydrogens is 244 g/mol. The van der Waals surface area contributed by atoms with Crippen LogP contribution in [0.2, 0.25) is 0 Å². The number of nitrogens with two attached hydrogens (primary N) is 1. The molecule has 1 aromatic rings. The Balaban J connectivity index is 2.28. The van der Waals surface area contributed by atoms with E-state index in [2.05, 4.69) is 9.89 Å². The van der Waals surface area contributed by atoms with Gasteiger partial charge in [-0.05, 0) is 0 Å². The molecule has 96 valence electrons.